The lowest BCUT2D eigenvalue weighted by molar-refractivity contribution is -0.104. The number of carbonyl (C=O) groups is 1. The van der Waals surface area contributed by atoms with Gasteiger partial charge in [-0.3, -0.25) is 0 Å². The van der Waals surface area contributed by atoms with Crippen LogP contribution in [0.3, 0.4) is 0 Å². The van der Waals surface area contributed by atoms with E-state index in [2.05, 4.69) is 31.1 Å². The molecule has 10 heteroatoms. The Kier molecular flexibility index (Phi) is 4.36. The summed E-state index contributed by atoms with van der Waals surface area (Å²) in [5.74, 6) is 0. The summed E-state index contributed by atoms with van der Waals surface area (Å²) >= 11 is 1.55. The van der Waals surface area contributed by atoms with Crippen LogP contribution < -0.4 is 4.90 Å². The number of fused-ring (bicyclic) bond motifs is 1. The Morgan fingerprint density at radius 3 is 2.79 bits per heavy atom. The van der Waals surface area contributed by atoms with Crippen LogP contribution in [0.25, 0.3) is 21.7 Å². The van der Waals surface area contributed by atoms with Crippen LogP contribution >= 0.6 is 11.3 Å². The molecule has 146 valence electrons. The Morgan fingerprint density at radius 2 is 2.11 bits per heavy atom. The lowest BCUT2D eigenvalue weighted by Gasteiger charge is -2.37. The number of piperazine rings is 1. The Hall–Kier alpha value is -2.72. The molecule has 2 saturated heterocycles. The average molecular weight is 400 g/mol. The van der Waals surface area contributed by atoms with Crippen LogP contribution in [-0.4, -0.2) is 76.7 Å². The minimum atomic E-state index is -0.247. The molecule has 3 aromatic rings. The summed E-state index contributed by atoms with van der Waals surface area (Å²) < 4.78 is 10.5. The van der Waals surface area contributed by atoms with Gasteiger partial charge in [-0.05, 0) is 19.1 Å². The molecule has 0 aliphatic carbocycles. The van der Waals surface area contributed by atoms with Crippen molar-refractivity contribution in [1.29, 1.82) is 0 Å². The van der Waals surface area contributed by atoms with E-state index in [-0.39, 0.29) is 12.2 Å². The fraction of sp³-hybridized carbons (Fsp3) is 0.444. The Labute approximate surface area is 165 Å². The fourth-order valence-electron chi connectivity index (χ4n) is 3.44. The van der Waals surface area contributed by atoms with Crippen LogP contribution in [0.15, 0.2) is 18.3 Å². The van der Waals surface area contributed by atoms with Crippen molar-refractivity contribution in [2.24, 2.45) is 0 Å². The molecular weight excluding hydrogens is 380 g/mol. The molecule has 2 fully saturated rings. The molecule has 0 radical (unpaired) electrons. The van der Waals surface area contributed by atoms with Crippen LogP contribution in [0.1, 0.15) is 5.01 Å². The molecule has 0 bridgehead atoms. The quantitative estimate of drug-likeness (QED) is 0.719. The standard InChI is InChI=1S/C18H20N6O3S/c1-11-21-22-17(28-11)14-8-13-15(2-3-19-16(13)20-14)23-4-6-24(7-5-23)18(25)27-12-9-26-10-12/h2-3,8,12H,4-7,9-10H2,1H3,(H,19,20). The van der Waals surface area contributed by atoms with Gasteiger partial charge >= 0.3 is 6.09 Å². The number of ether oxygens (including phenoxy) is 2. The second kappa shape index (κ2) is 7.02. The smallest absolute Gasteiger partial charge is 0.410 e. The van der Waals surface area contributed by atoms with Gasteiger partial charge < -0.3 is 24.3 Å². The summed E-state index contributed by atoms with van der Waals surface area (Å²) in [6.07, 6.45) is 1.47. The van der Waals surface area contributed by atoms with Gasteiger partial charge in [0.25, 0.3) is 0 Å². The number of anilines is 1. The topological polar surface area (TPSA) is 96.5 Å². The van der Waals surface area contributed by atoms with Gasteiger partial charge in [-0.15, -0.1) is 10.2 Å². The fourth-order valence-corrected chi connectivity index (χ4v) is 4.10. The molecule has 2 aliphatic rings. The molecule has 0 spiro atoms. The number of carbonyl (C=O) groups excluding carboxylic acids is 1. The van der Waals surface area contributed by atoms with Crippen LogP contribution in [-0.2, 0) is 9.47 Å². The van der Waals surface area contributed by atoms with E-state index in [1.54, 1.807) is 22.4 Å². The van der Waals surface area contributed by atoms with Crippen molar-refractivity contribution in [3.05, 3.63) is 23.3 Å². The van der Waals surface area contributed by atoms with E-state index >= 15 is 0 Å². The molecule has 5 heterocycles. The molecule has 9 nitrogen and oxygen atoms in total. The molecule has 5 rings (SSSR count). The zero-order valence-corrected chi connectivity index (χ0v) is 16.2. The third-order valence-electron chi connectivity index (χ3n) is 5.02. The highest BCUT2D eigenvalue weighted by Crippen LogP contribution is 2.31. The number of aryl methyl sites for hydroxylation is 1. The van der Waals surface area contributed by atoms with Gasteiger partial charge in [0.05, 0.1) is 18.9 Å². The van der Waals surface area contributed by atoms with Crippen molar-refractivity contribution < 1.29 is 14.3 Å². The summed E-state index contributed by atoms with van der Waals surface area (Å²) in [5, 5.41) is 11.1. The van der Waals surface area contributed by atoms with Gasteiger partial charge in [0.2, 0.25) is 0 Å². The third-order valence-corrected chi connectivity index (χ3v) is 5.89. The molecule has 1 N–H and O–H groups in total. The zero-order chi connectivity index (χ0) is 19.1. The number of H-pyrrole nitrogens is 1. The van der Waals surface area contributed by atoms with Gasteiger partial charge in [0.15, 0.2) is 11.1 Å². The molecule has 0 saturated carbocycles. The SMILES string of the molecule is Cc1nnc(-c2cc3c(N4CCN(C(=O)OC5COC5)CC4)ccnc3[nH]2)s1. The Morgan fingerprint density at radius 1 is 1.29 bits per heavy atom. The Bertz CT molecular complexity index is 1010. The van der Waals surface area contributed by atoms with Gasteiger partial charge in [0, 0.05) is 43.4 Å². The van der Waals surface area contributed by atoms with Gasteiger partial charge in [-0.1, -0.05) is 11.3 Å². The highest BCUT2D eigenvalue weighted by Gasteiger charge is 2.28. The second-order valence-corrected chi connectivity index (χ2v) is 8.10. The maximum atomic E-state index is 12.2. The molecule has 0 unspecified atom stereocenters. The summed E-state index contributed by atoms with van der Waals surface area (Å²) in [6.45, 7) is 5.69. The third kappa shape index (κ3) is 3.18. The number of nitrogens with zero attached hydrogens (tertiary/aromatic N) is 5. The number of aromatic nitrogens is 4. The molecular formula is C18H20N6O3S. The first-order chi connectivity index (χ1) is 13.7. The number of rotatable bonds is 3. The van der Waals surface area contributed by atoms with E-state index in [4.69, 9.17) is 9.47 Å². The first-order valence-electron chi connectivity index (χ1n) is 9.24. The molecule has 1 amide bonds. The van der Waals surface area contributed by atoms with E-state index in [9.17, 15) is 4.79 Å². The summed E-state index contributed by atoms with van der Waals surface area (Å²) in [4.78, 5) is 24.1. The molecule has 3 aromatic heterocycles. The van der Waals surface area contributed by atoms with E-state index in [0.717, 1.165) is 45.5 Å². The highest BCUT2D eigenvalue weighted by molar-refractivity contribution is 7.14. The second-order valence-electron chi connectivity index (χ2n) is 6.92. The number of aromatic amines is 1. The van der Waals surface area contributed by atoms with Crippen LogP contribution in [0, 0.1) is 6.92 Å². The zero-order valence-electron chi connectivity index (χ0n) is 15.4. The summed E-state index contributed by atoms with van der Waals surface area (Å²) in [5.41, 5.74) is 2.85. The van der Waals surface area contributed by atoms with Crippen molar-refractivity contribution in [2.75, 3.05) is 44.3 Å². The van der Waals surface area contributed by atoms with Gasteiger partial charge in [0.1, 0.15) is 10.7 Å². The van der Waals surface area contributed by atoms with Gasteiger partial charge in [-0.25, -0.2) is 9.78 Å². The van der Waals surface area contributed by atoms with Crippen LogP contribution in [0.2, 0.25) is 0 Å². The van der Waals surface area contributed by atoms with Crippen LogP contribution in [0.5, 0.6) is 0 Å². The van der Waals surface area contributed by atoms with Crippen molar-refractivity contribution in [3.8, 4) is 10.7 Å². The number of pyridine rings is 1. The molecule has 2 aliphatic heterocycles. The number of nitrogens with one attached hydrogen (secondary N) is 1. The number of amides is 1. The van der Waals surface area contributed by atoms with Crippen molar-refractivity contribution in [3.63, 3.8) is 0 Å². The molecule has 0 aromatic carbocycles. The van der Waals surface area contributed by atoms with Crippen molar-refractivity contribution in [2.45, 2.75) is 13.0 Å². The summed E-state index contributed by atoms with van der Waals surface area (Å²) in [7, 11) is 0. The minimum Gasteiger partial charge on any atom is -0.441 e. The highest BCUT2D eigenvalue weighted by atomic mass is 32.1. The van der Waals surface area contributed by atoms with E-state index in [1.807, 2.05) is 13.0 Å². The van der Waals surface area contributed by atoms with Gasteiger partial charge in [-0.2, -0.15) is 0 Å². The lowest BCUT2D eigenvalue weighted by Crippen LogP contribution is -2.51. The van der Waals surface area contributed by atoms with E-state index in [1.165, 1.54) is 0 Å². The predicted molar refractivity (Wildman–Crippen MR) is 105 cm³/mol. The largest absolute Gasteiger partial charge is 0.441 e. The lowest BCUT2D eigenvalue weighted by atomic mass is 10.2. The maximum absolute atomic E-state index is 12.2. The molecule has 28 heavy (non-hydrogen) atoms. The Balaban J connectivity index is 1.32. The van der Waals surface area contributed by atoms with Crippen molar-refractivity contribution >= 4 is 34.2 Å². The monoisotopic (exact) mass is 400 g/mol. The normalized spacial score (nSPS) is 17.8. The number of hydrogen-bond acceptors (Lipinski definition) is 8. The average Bonchev–Trinajstić information content (AvgIpc) is 3.30. The minimum absolute atomic E-state index is 0.0902. The maximum Gasteiger partial charge on any atom is 0.410 e. The summed E-state index contributed by atoms with van der Waals surface area (Å²) in [6, 6.07) is 4.10. The predicted octanol–water partition coefficient (Wildman–Crippen LogP) is 2.05. The first-order valence-corrected chi connectivity index (χ1v) is 10.1. The van der Waals surface area contributed by atoms with Crippen molar-refractivity contribution in [1.82, 2.24) is 25.1 Å². The molecule has 0 atom stereocenters. The number of hydrogen-bond donors (Lipinski definition) is 1. The van der Waals surface area contributed by atoms with E-state index < -0.39 is 0 Å². The van der Waals surface area contributed by atoms with E-state index in [0.29, 0.717) is 26.3 Å². The van der Waals surface area contributed by atoms with Crippen LogP contribution in [0.4, 0.5) is 10.5 Å². The first kappa shape index (κ1) is 17.4.